The minimum absolute atomic E-state index is 0.243. The number of amides is 1. The molecule has 2 heterocycles. The van der Waals surface area contributed by atoms with Crippen LogP contribution >= 0.6 is 11.6 Å². The molecule has 1 saturated heterocycles. The Kier molecular flexibility index (Phi) is 3.65. The molecule has 3 rings (SSSR count). The minimum Gasteiger partial charge on any atom is -0.295 e. The van der Waals surface area contributed by atoms with Crippen LogP contribution in [0, 0.1) is 0 Å². The number of nitrogens with zero attached hydrogens (tertiary/aromatic N) is 2. The zero-order valence-corrected chi connectivity index (χ0v) is 12.7. The molecule has 1 aliphatic heterocycles. The van der Waals surface area contributed by atoms with Gasteiger partial charge >= 0.3 is 10.2 Å². The lowest BCUT2D eigenvalue weighted by molar-refractivity contribution is -0.117. The van der Waals surface area contributed by atoms with Crippen molar-refractivity contribution in [3.05, 3.63) is 35.5 Å². The van der Waals surface area contributed by atoms with Gasteiger partial charge in [0.1, 0.15) is 11.1 Å². The molecule has 6 nitrogen and oxygen atoms in total. The van der Waals surface area contributed by atoms with Crippen LogP contribution in [0.15, 0.2) is 30.5 Å². The summed E-state index contributed by atoms with van der Waals surface area (Å²) in [5.74, 6) is -0.142. The molecule has 1 amide bonds. The van der Waals surface area contributed by atoms with Gasteiger partial charge < -0.3 is 0 Å². The third-order valence-corrected chi connectivity index (χ3v) is 4.86. The maximum atomic E-state index is 13.1. The predicted octanol–water partition coefficient (Wildman–Crippen LogP) is 2.13. The van der Waals surface area contributed by atoms with Crippen molar-refractivity contribution >= 4 is 33.5 Å². The van der Waals surface area contributed by atoms with Gasteiger partial charge in [-0.1, -0.05) is 23.7 Å². The van der Waals surface area contributed by atoms with E-state index >= 15 is 0 Å². The number of nitrogens with one attached hydrogen (secondary N) is 1. The van der Waals surface area contributed by atoms with Crippen LogP contribution < -0.4 is 4.90 Å². The molecule has 0 spiro atoms. The van der Waals surface area contributed by atoms with Gasteiger partial charge in [0, 0.05) is 23.6 Å². The quantitative estimate of drug-likeness (QED) is 0.865. The number of carbonyl (C=O) groups is 1. The van der Waals surface area contributed by atoms with Gasteiger partial charge in [0.15, 0.2) is 0 Å². The van der Waals surface area contributed by atoms with Gasteiger partial charge in [-0.25, -0.2) is 0 Å². The molecule has 116 valence electrons. The fraction of sp³-hybridized carbons (Fsp3) is 0.231. The first-order chi connectivity index (χ1) is 10.4. The first kappa shape index (κ1) is 15.0. The molecular formula is C13H11ClFN3O3S. The number of aromatic amines is 1. The van der Waals surface area contributed by atoms with Gasteiger partial charge in [-0.15, -0.1) is 3.89 Å². The number of H-pyrrole nitrogens is 1. The molecule has 0 bridgehead atoms. The van der Waals surface area contributed by atoms with Crippen molar-refractivity contribution in [1.82, 2.24) is 10.2 Å². The molecular weight excluding hydrogens is 333 g/mol. The third-order valence-electron chi connectivity index (χ3n) is 3.51. The molecule has 1 aliphatic rings. The van der Waals surface area contributed by atoms with Crippen LogP contribution in [0.4, 0.5) is 9.70 Å². The summed E-state index contributed by atoms with van der Waals surface area (Å²) in [6.07, 6.45) is 1.12. The molecule has 1 N–H and O–H groups in total. The van der Waals surface area contributed by atoms with Crippen LogP contribution in [0.1, 0.15) is 6.42 Å². The third kappa shape index (κ3) is 2.71. The van der Waals surface area contributed by atoms with E-state index in [0.29, 0.717) is 16.4 Å². The first-order valence-electron chi connectivity index (χ1n) is 6.39. The number of rotatable bonds is 3. The number of anilines is 1. The van der Waals surface area contributed by atoms with E-state index in [0.717, 1.165) is 5.56 Å². The second-order valence-corrected chi connectivity index (χ2v) is 7.00. The van der Waals surface area contributed by atoms with Gasteiger partial charge in [-0.05, 0) is 17.7 Å². The van der Waals surface area contributed by atoms with Gasteiger partial charge in [-0.3, -0.25) is 14.8 Å². The molecule has 1 aromatic carbocycles. The molecule has 0 saturated carbocycles. The summed E-state index contributed by atoms with van der Waals surface area (Å²) in [5, 5.41) is 5.72. The number of benzene rings is 1. The second-order valence-electron chi connectivity index (χ2n) is 4.95. The Morgan fingerprint density at radius 2 is 2.18 bits per heavy atom. The summed E-state index contributed by atoms with van der Waals surface area (Å²) in [4.78, 5) is 13.2. The number of hydrogen-bond acceptors (Lipinski definition) is 4. The number of carbonyl (C=O) groups excluding carboxylic acids is 1. The van der Waals surface area contributed by atoms with Crippen molar-refractivity contribution in [2.75, 3.05) is 11.4 Å². The van der Waals surface area contributed by atoms with E-state index in [-0.39, 0.29) is 13.0 Å². The average molecular weight is 344 g/mol. The maximum Gasteiger partial charge on any atom is 0.307 e. The molecule has 1 aromatic heterocycles. The van der Waals surface area contributed by atoms with Crippen molar-refractivity contribution in [3.63, 3.8) is 0 Å². The highest BCUT2D eigenvalue weighted by Gasteiger charge is 2.40. The summed E-state index contributed by atoms with van der Waals surface area (Å²) in [6, 6.07) is 6.93. The van der Waals surface area contributed by atoms with Crippen molar-refractivity contribution in [3.8, 4) is 11.1 Å². The van der Waals surface area contributed by atoms with Gasteiger partial charge in [0.05, 0.1) is 6.20 Å². The fourth-order valence-corrected chi connectivity index (χ4v) is 3.29. The first-order valence-corrected chi connectivity index (χ1v) is 8.22. The summed E-state index contributed by atoms with van der Waals surface area (Å²) in [7, 11) is -4.76. The molecule has 22 heavy (non-hydrogen) atoms. The fourth-order valence-electron chi connectivity index (χ4n) is 2.43. The predicted molar refractivity (Wildman–Crippen MR) is 79.8 cm³/mol. The van der Waals surface area contributed by atoms with Crippen LogP contribution in [0.5, 0.6) is 0 Å². The summed E-state index contributed by atoms with van der Waals surface area (Å²) in [6.45, 7) is -0.243. The van der Waals surface area contributed by atoms with Gasteiger partial charge in [0.2, 0.25) is 5.91 Å². The average Bonchev–Trinajstić information content (AvgIpc) is 3.03. The normalized spacial score (nSPS) is 18.9. The van der Waals surface area contributed by atoms with Crippen molar-refractivity contribution in [1.29, 1.82) is 0 Å². The molecule has 0 radical (unpaired) electrons. The van der Waals surface area contributed by atoms with Crippen molar-refractivity contribution < 1.29 is 17.1 Å². The smallest absolute Gasteiger partial charge is 0.295 e. The standard InChI is InChI=1S/C13H11ClFN3O3S/c14-9-3-1-2-8(4-9)11-6-16-17-13(11)18-7-10(5-12(18)19)22(15,20)21/h1-4,6,10H,5,7H2,(H,16,17). The lowest BCUT2D eigenvalue weighted by atomic mass is 10.1. The molecule has 1 unspecified atom stereocenters. The zero-order valence-electron chi connectivity index (χ0n) is 11.2. The van der Waals surface area contributed by atoms with E-state index in [1.54, 1.807) is 24.3 Å². The van der Waals surface area contributed by atoms with E-state index in [9.17, 15) is 17.1 Å². The lowest BCUT2D eigenvalue weighted by Crippen LogP contribution is -2.27. The molecule has 2 aromatic rings. The Bertz CT molecular complexity index is 837. The highest BCUT2D eigenvalue weighted by Crippen LogP contribution is 2.33. The van der Waals surface area contributed by atoms with Crippen LogP contribution in [0.2, 0.25) is 5.02 Å². The van der Waals surface area contributed by atoms with Crippen LogP contribution in [0.25, 0.3) is 11.1 Å². The molecule has 1 fully saturated rings. The summed E-state index contributed by atoms with van der Waals surface area (Å²) < 4.78 is 35.1. The number of halogens is 2. The van der Waals surface area contributed by atoms with Gasteiger partial charge in [0.25, 0.3) is 0 Å². The number of hydrogen-bond donors (Lipinski definition) is 1. The van der Waals surface area contributed by atoms with E-state index < -0.39 is 21.4 Å². The highest BCUT2D eigenvalue weighted by molar-refractivity contribution is 7.87. The topological polar surface area (TPSA) is 83.1 Å². The van der Waals surface area contributed by atoms with Crippen LogP contribution in [0.3, 0.4) is 0 Å². The largest absolute Gasteiger partial charge is 0.307 e. The van der Waals surface area contributed by atoms with Crippen molar-refractivity contribution in [2.24, 2.45) is 0 Å². The zero-order chi connectivity index (χ0) is 15.9. The Labute approximate surface area is 131 Å². The minimum atomic E-state index is -4.76. The Morgan fingerprint density at radius 1 is 1.41 bits per heavy atom. The number of aromatic nitrogens is 2. The SMILES string of the molecule is O=C1CC(S(=O)(=O)F)CN1c1[nH]ncc1-c1cccc(Cl)c1. The Balaban J connectivity index is 1.98. The molecule has 9 heteroatoms. The molecule has 0 aliphatic carbocycles. The highest BCUT2D eigenvalue weighted by atomic mass is 35.5. The van der Waals surface area contributed by atoms with Crippen molar-refractivity contribution in [2.45, 2.75) is 11.7 Å². The van der Waals surface area contributed by atoms with Crippen LogP contribution in [-0.4, -0.2) is 36.3 Å². The van der Waals surface area contributed by atoms with Gasteiger partial charge in [-0.2, -0.15) is 13.5 Å². The molecule has 1 atom stereocenters. The van der Waals surface area contributed by atoms with Crippen LogP contribution in [-0.2, 0) is 15.0 Å². The Hall–Kier alpha value is -1.93. The maximum absolute atomic E-state index is 13.1. The lowest BCUT2D eigenvalue weighted by Gasteiger charge is -2.15. The second kappa shape index (κ2) is 5.36. The van der Waals surface area contributed by atoms with E-state index in [1.807, 2.05) is 0 Å². The summed E-state index contributed by atoms with van der Waals surface area (Å²) >= 11 is 5.95. The van der Waals surface area contributed by atoms with E-state index in [1.165, 1.54) is 11.1 Å². The monoisotopic (exact) mass is 343 g/mol. The van der Waals surface area contributed by atoms with E-state index in [4.69, 9.17) is 11.6 Å². The summed E-state index contributed by atoms with van der Waals surface area (Å²) in [5.41, 5.74) is 1.31. The Morgan fingerprint density at radius 3 is 2.82 bits per heavy atom. The van der Waals surface area contributed by atoms with E-state index in [2.05, 4.69) is 10.2 Å².